The van der Waals surface area contributed by atoms with Crippen molar-refractivity contribution in [2.75, 3.05) is 5.32 Å². The van der Waals surface area contributed by atoms with Crippen LogP contribution in [0.4, 0.5) is 5.69 Å². The third kappa shape index (κ3) is 3.09. The number of nitrogens with zero attached hydrogens (tertiary/aromatic N) is 1. The summed E-state index contributed by atoms with van der Waals surface area (Å²) in [5, 5.41) is 14.4. The molecule has 0 fully saturated rings. The van der Waals surface area contributed by atoms with Gasteiger partial charge in [-0.15, -0.1) is 11.3 Å². The fourth-order valence-corrected chi connectivity index (χ4v) is 2.92. The predicted octanol–water partition coefficient (Wildman–Crippen LogP) is 4.30. The van der Waals surface area contributed by atoms with Crippen molar-refractivity contribution in [2.45, 2.75) is 13.5 Å². The van der Waals surface area contributed by atoms with E-state index in [9.17, 15) is 0 Å². The fourth-order valence-electron chi connectivity index (χ4n) is 1.53. The SMILES string of the molecule is Cc1ccc(C#N)c(NCc2cc(Br)cs2)c1. The maximum absolute atomic E-state index is 9.02. The molecule has 0 radical (unpaired) electrons. The average Bonchev–Trinajstić information content (AvgIpc) is 2.73. The van der Waals surface area contributed by atoms with Gasteiger partial charge >= 0.3 is 0 Å². The summed E-state index contributed by atoms with van der Waals surface area (Å²) in [5.74, 6) is 0. The molecule has 0 saturated heterocycles. The second-order valence-electron chi connectivity index (χ2n) is 3.75. The van der Waals surface area contributed by atoms with Crippen molar-refractivity contribution >= 4 is 33.0 Å². The number of rotatable bonds is 3. The molecule has 0 aliphatic carbocycles. The molecule has 1 N–H and O–H groups in total. The Balaban J connectivity index is 2.13. The largest absolute Gasteiger partial charge is 0.379 e. The van der Waals surface area contributed by atoms with Crippen LogP contribution < -0.4 is 5.32 Å². The van der Waals surface area contributed by atoms with E-state index in [2.05, 4.69) is 38.8 Å². The number of halogens is 1. The molecule has 0 unspecified atom stereocenters. The molecular formula is C13H11BrN2S. The highest BCUT2D eigenvalue weighted by atomic mass is 79.9. The van der Waals surface area contributed by atoms with Gasteiger partial charge in [0.25, 0.3) is 0 Å². The lowest BCUT2D eigenvalue weighted by atomic mass is 10.1. The number of anilines is 1. The number of benzene rings is 1. The maximum atomic E-state index is 9.02. The Kier molecular flexibility index (Phi) is 3.82. The van der Waals surface area contributed by atoms with Crippen molar-refractivity contribution < 1.29 is 0 Å². The van der Waals surface area contributed by atoms with E-state index in [0.29, 0.717) is 5.56 Å². The molecule has 0 spiro atoms. The van der Waals surface area contributed by atoms with Crippen molar-refractivity contribution in [1.82, 2.24) is 0 Å². The molecule has 4 heteroatoms. The van der Waals surface area contributed by atoms with Gasteiger partial charge in [0.15, 0.2) is 0 Å². The van der Waals surface area contributed by atoms with E-state index in [-0.39, 0.29) is 0 Å². The Morgan fingerprint density at radius 1 is 1.41 bits per heavy atom. The summed E-state index contributed by atoms with van der Waals surface area (Å²) in [7, 11) is 0. The standard InChI is InChI=1S/C13H11BrN2S/c1-9-2-3-10(6-15)13(4-9)16-7-12-5-11(14)8-17-12/h2-5,8,16H,7H2,1H3. The van der Waals surface area contributed by atoms with Crippen LogP contribution in [-0.2, 0) is 6.54 Å². The third-order valence-corrected chi connectivity index (χ3v) is 4.07. The predicted molar refractivity (Wildman–Crippen MR) is 75.2 cm³/mol. The Morgan fingerprint density at radius 3 is 2.88 bits per heavy atom. The Hall–Kier alpha value is -1.31. The summed E-state index contributed by atoms with van der Waals surface area (Å²) in [4.78, 5) is 1.24. The molecule has 1 aromatic carbocycles. The quantitative estimate of drug-likeness (QED) is 0.917. The first kappa shape index (κ1) is 12.2. The molecule has 0 amide bonds. The highest BCUT2D eigenvalue weighted by molar-refractivity contribution is 9.10. The van der Waals surface area contributed by atoms with Crippen molar-refractivity contribution in [3.63, 3.8) is 0 Å². The van der Waals surface area contributed by atoms with Crippen molar-refractivity contribution in [3.8, 4) is 6.07 Å². The molecule has 2 rings (SSSR count). The minimum atomic E-state index is 0.686. The molecular weight excluding hydrogens is 296 g/mol. The van der Waals surface area contributed by atoms with Gasteiger partial charge in [-0.05, 0) is 46.6 Å². The van der Waals surface area contributed by atoms with Gasteiger partial charge in [-0.2, -0.15) is 5.26 Å². The van der Waals surface area contributed by atoms with E-state index in [0.717, 1.165) is 22.3 Å². The zero-order valence-electron chi connectivity index (χ0n) is 9.33. The minimum absolute atomic E-state index is 0.686. The van der Waals surface area contributed by atoms with E-state index in [1.165, 1.54) is 4.88 Å². The number of hydrogen-bond acceptors (Lipinski definition) is 3. The van der Waals surface area contributed by atoms with E-state index < -0.39 is 0 Å². The first-order valence-electron chi connectivity index (χ1n) is 5.16. The number of aryl methyl sites for hydroxylation is 1. The van der Waals surface area contributed by atoms with Crippen LogP contribution >= 0.6 is 27.3 Å². The summed E-state index contributed by atoms with van der Waals surface area (Å²) in [6, 6.07) is 10.1. The Bertz CT molecular complexity index is 569. The summed E-state index contributed by atoms with van der Waals surface area (Å²) in [6.07, 6.45) is 0. The average molecular weight is 307 g/mol. The zero-order chi connectivity index (χ0) is 12.3. The highest BCUT2D eigenvalue weighted by Gasteiger charge is 2.03. The van der Waals surface area contributed by atoms with E-state index in [1.807, 2.05) is 25.1 Å². The van der Waals surface area contributed by atoms with Crippen LogP contribution in [0.25, 0.3) is 0 Å². The van der Waals surface area contributed by atoms with Crippen LogP contribution in [-0.4, -0.2) is 0 Å². The van der Waals surface area contributed by atoms with E-state index >= 15 is 0 Å². The molecule has 1 heterocycles. The molecule has 0 aliphatic heterocycles. The van der Waals surface area contributed by atoms with Crippen LogP contribution in [0.2, 0.25) is 0 Å². The first-order chi connectivity index (χ1) is 8.19. The van der Waals surface area contributed by atoms with Crippen LogP contribution in [0.3, 0.4) is 0 Å². The van der Waals surface area contributed by atoms with Crippen LogP contribution in [0, 0.1) is 18.3 Å². The van der Waals surface area contributed by atoms with Gasteiger partial charge in [0.05, 0.1) is 11.3 Å². The first-order valence-corrected chi connectivity index (χ1v) is 6.84. The van der Waals surface area contributed by atoms with Crippen LogP contribution in [0.1, 0.15) is 16.0 Å². The molecule has 2 aromatic rings. The van der Waals surface area contributed by atoms with Crippen LogP contribution in [0.15, 0.2) is 34.1 Å². The number of nitriles is 1. The van der Waals surface area contributed by atoms with Crippen molar-refractivity contribution in [2.24, 2.45) is 0 Å². The molecule has 0 bridgehead atoms. The van der Waals surface area contributed by atoms with Gasteiger partial charge in [-0.3, -0.25) is 0 Å². The highest BCUT2D eigenvalue weighted by Crippen LogP contribution is 2.22. The van der Waals surface area contributed by atoms with Crippen molar-refractivity contribution in [1.29, 1.82) is 5.26 Å². The topological polar surface area (TPSA) is 35.8 Å². The lowest BCUT2D eigenvalue weighted by Crippen LogP contribution is -2.00. The summed E-state index contributed by atoms with van der Waals surface area (Å²) < 4.78 is 1.10. The third-order valence-electron chi connectivity index (χ3n) is 2.37. The monoisotopic (exact) mass is 306 g/mol. The lowest BCUT2D eigenvalue weighted by Gasteiger charge is -2.07. The number of nitrogens with one attached hydrogen (secondary N) is 1. The van der Waals surface area contributed by atoms with Gasteiger partial charge in [-0.1, -0.05) is 6.07 Å². The second-order valence-corrected chi connectivity index (χ2v) is 5.66. The smallest absolute Gasteiger partial charge is 0.101 e. The summed E-state index contributed by atoms with van der Waals surface area (Å²) in [6.45, 7) is 2.77. The van der Waals surface area contributed by atoms with Crippen molar-refractivity contribution in [3.05, 3.63) is 50.1 Å². The zero-order valence-corrected chi connectivity index (χ0v) is 11.7. The minimum Gasteiger partial charge on any atom is -0.379 e. The number of thiophene rings is 1. The number of hydrogen-bond donors (Lipinski definition) is 1. The Labute approximate surface area is 113 Å². The maximum Gasteiger partial charge on any atom is 0.101 e. The van der Waals surface area contributed by atoms with Gasteiger partial charge in [0.2, 0.25) is 0 Å². The molecule has 0 saturated carbocycles. The summed E-state index contributed by atoms with van der Waals surface area (Å²) >= 11 is 5.12. The molecule has 0 aliphatic rings. The van der Waals surface area contributed by atoms with Gasteiger partial charge in [0.1, 0.15) is 6.07 Å². The summed E-state index contributed by atoms with van der Waals surface area (Å²) in [5.41, 5.74) is 2.74. The molecule has 2 nitrogen and oxygen atoms in total. The fraction of sp³-hybridized carbons (Fsp3) is 0.154. The molecule has 17 heavy (non-hydrogen) atoms. The van der Waals surface area contributed by atoms with E-state index in [1.54, 1.807) is 11.3 Å². The molecule has 86 valence electrons. The lowest BCUT2D eigenvalue weighted by molar-refractivity contribution is 1.18. The second kappa shape index (κ2) is 5.35. The van der Waals surface area contributed by atoms with Gasteiger partial charge < -0.3 is 5.32 Å². The van der Waals surface area contributed by atoms with Gasteiger partial charge in [0, 0.05) is 21.3 Å². The normalized spacial score (nSPS) is 9.94. The molecule has 0 atom stereocenters. The van der Waals surface area contributed by atoms with Gasteiger partial charge in [-0.25, -0.2) is 0 Å². The molecule has 1 aromatic heterocycles. The van der Waals surface area contributed by atoms with Crippen LogP contribution in [0.5, 0.6) is 0 Å². The Morgan fingerprint density at radius 2 is 2.24 bits per heavy atom. The van der Waals surface area contributed by atoms with E-state index in [4.69, 9.17) is 5.26 Å².